The summed E-state index contributed by atoms with van der Waals surface area (Å²) < 4.78 is 8.16. The zero-order valence-corrected chi connectivity index (χ0v) is 16.4. The Morgan fingerprint density at radius 1 is 0.391 bits per heavy atom. The maximum atomic E-state index is 7.65. The molecule has 0 aromatic carbocycles. The minimum absolute atomic E-state index is 1.21. The van der Waals surface area contributed by atoms with Crippen LogP contribution in [-0.4, -0.2) is 52.2 Å². The monoisotopic (exact) mass is 361 g/mol. The van der Waals surface area contributed by atoms with Gasteiger partial charge < -0.3 is 0 Å². The van der Waals surface area contributed by atoms with Gasteiger partial charge in [0.1, 0.15) is 0 Å². The summed E-state index contributed by atoms with van der Waals surface area (Å²) in [4.78, 5) is 0. The largest absolute Gasteiger partial charge is 0.232 e. The van der Waals surface area contributed by atoms with Crippen LogP contribution in [0.15, 0.2) is 0 Å². The van der Waals surface area contributed by atoms with Crippen molar-refractivity contribution in [2.24, 2.45) is 0 Å². The Morgan fingerprint density at radius 3 is 0.826 bits per heavy atom. The van der Waals surface area contributed by atoms with Crippen LogP contribution in [0.25, 0.3) is 0 Å². The van der Waals surface area contributed by atoms with Gasteiger partial charge in [-0.1, -0.05) is 38.5 Å². The van der Waals surface area contributed by atoms with Crippen molar-refractivity contribution < 1.29 is 0 Å². The molecule has 3 aliphatic heterocycles. The third-order valence-electron chi connectivity index (χ3n) is 5.68. The van der Waals surface area contributed by atoms with E-state index in [1.54, 1.807) is 0 Å². The van der Waals surface area contributed by atoms with E-state index >= 15 is 0 Å². The van der Waals surface area contributed by atoms with Gasteiger partial charge in [-0.15, -0.1) is 0 Å². The number of halogens is 1. The van der Waals surface area contributed by atoms with Gasteiger partial charge in [-0.05, 0) is 49.2 Å². The summed E-state index contributed by atoms with van der Waals surface area (Å²) in [6.45, 7) is 7.28. The minimum atomic E-state index is -1.44. The summed E-state index contributed by atoms with van der Waals surface area (Å²) >= 11 is 0. The first-order valence-electron chi connectivity index (χ1n) is 10.1. The summed E-state index contributed by atoms with van der Waals surface area (Å²) in [5.74, 6) is 0. The molecule has 0 aromatic heterocycles. The lowest BCUT2D eigenvalue weighted by Crippen LogP contribution is -2.47. The van der Waals surface area contributed by atoms with E-state index in [0.29, 0.717) is 0 Å². The number of hydrogen-bond donors (Lipinski definition) is 0. The molecule has 0 atom stereocenters. The van der Waals surface area contributed by atoms with E-state index in [0.717, 1.165) is 0 Å². The van der Waals surface area contributed by atoms with Crippen molar-refractivity contribution in [3.63, 3.8) is 0 Å². The van der Waals surface area contributed by atoms with Crippen LogP contribution in [0.4, 0.5) is 0 Å². The molecule has 3 saturated heterocycles. The molecule has 0 N–H and O–H groups in total. The molecule has 0 saturated carbocycles. The number of hydrogen-bond acceptors (Lipinski definition) is 3. The SMILES string of the molecule is ClS(N1CCCCCC1)(N1CCCCCC1)N1CCCCCC1. The average molecular weight is 362 g/mol. The van der Waals surface area contributed by atoms with Crippen molar-refractivity contribution in [1.29, 1.82) is 0 Å². The van der Waals surface area contributed by atoms with Crippen LogP contribution in [0, 0.1) is 0 Å². The molecule has 136 valence electrons. The molecular formula is C18H36ClN3S. The van der Waals surface area contributed by atoms with Crippen molar-refractivity contribution in [2.45, 2.75) is 77.0 Å². The lowest BCUT2D eigenvalue weighted by atomic mass is 10.2. The molecule has 3 rings (SSSR count). The zero-order valence-electron chi connectivity index (χ0n) is 14.9. The topological polar surface area (TPSA) is 9.72 Å². The van der Waals surface area contributed by atoms with Gasteiger partial charge >= 0.3 is 0 Å². The van der Waals surface area contributed by atoms with Crippen LogP contribution < -0.4 is 0 Å². The van der Waals surface area contributed by atoms with Crippen molar-refractivity contribution in [1.82, 2.24) is 12.9 Å². The number of nitrogens with zero attached hydrogens (tertiary/aromatic N) is 3. The molecule has 0 radical (unpaired) electrons. The molecule has 0 spiro atoms. The fourth-order valence-electron chi connectivity index (χ4n) is 4.31. The Kier molecular flexibility index (Phi) is 7.39. The molecule has 5 heteroatoms. The van der Waals surface area contributed by atoms with Gasteiger partial charge in [0.2, 0.25) is 0 Å². The second-order valence-corrected chi connectivity index (χ2v) is 11.2. The van der Waals surface area contributed by atoms with E-state index in [9.17, 15) is 0 Å². The van der Waals surface area contributed by atoms with E-state index in [2.05, 4.69) is 12.9 Å². The molecule has 3 nitrogen and oxygen atoms in total. The molecule has 3 aliphatic rings. The third-order valence-corrected chi connectivity index (χ3v) is 10.5. The Balaban J connectivity index is 1.82. The van der Waals surface area contributed by atoms with Gasteiger partial charge in [0.05, 0.1) is 0 Å². The highest BCUT2D eigenvalue weighted by atomic mass is 35.7. The molecular weight excluding hydrogens is 326 g/mol. The van der Waals surface area contributed by atoms with Crippen LogP contribution in [0.5, 0.6) is 0 Å². The van der Waals surface area contributed by atoms with E-state index < -0.39 is 9.80 Å². The smallest absolute Gasteiger partial charge is 0.0148 e. The van der Waals surface area contributed by atoms with Crippen LogP contribution in [0.1, 0.15) is 77.0 Å². The summed E-state index contributed by atoms with van der Waals surface area (Å²) in [7, 11) is 6.21. The third kappa shape index (κ3) is 4.58. The van der Waals surface area contributed by atoms with Crippen LogP contribution in [0.3, 0.4) is 0 Å². The first-order valence-corrected chi connectivity index (χ1v) is 12.4. The van der Waals surface area contributed by atoms with Crippen LogP contribution >= 0.6 is 20.5 Å². The Labute approximate surface area is 149 Å². The molecule has 0 bridgehead atoms. The normalized spacial score (nSPS) is 28.7. The molecule has 0 unspecified atom stereocenters. The predicted molar refractivity (Wildman–Crippen MR) is 104 cm³/mol. The van der Waals surface area contributed by atoms with E-state index in [1.807, 2.05) is 0 Å². The summed E-state index contributed by atoms with van der Waals surface area (Å²) in [6, 6.07) is 0. The van der Waals surface area contributed by atoms with Crippen LogP contribution in [-0.2, 0) is 0 Å². The van der Waals surface area contributed by atoms with E-state index in [4.69, 9.17) is 10.7 Å². The highest BCUT2D eigenvalue weighted by Gasteiger charge is 2.41. The second kappa shape index (κ2) is 9.28. The molecule has 3 heterocycles. The Morgan fingerprint density at radius 2 is 0.609 bits per heavy atom. The maximum Gasteiger partial charge on any atom is 0.0148 e. The average Bonchev–Trinajstić information content (AvgIpc) is 3.10. The van der Waals surface area contributed by atoms with Crippen molar-refractivity contribution in [3.8, 4) is 0 Å². The molecule has 3 fully saturated rings. The van der Waals surface area contributed by atoms with Gasteiger partial charge in [0.25, 0.3) is 0 Å². The van der Waals surface area contributed by atoms with Crippen molar-refractivity contribution >= 4 is 20.5 Å². The second-order valence-electron chi connectivity index (χ2n) is 7.48. The van der Waals surface area contributed by atoms with Gasteiger partial charge in [-0.25, -0.2) is 12.9 Å². The zero-order chi connectivity index (χ0) is 16.0. The van der Waals surface area contributed by atoms with Gasteiger partial charge in [-0.3, -0.25) is 0 Å². The summed E-state index contributed by atoms with van der Waals surface area (Å²) in [5.41, 5.74) is 0. The summed E-state index contributed by atoms with van der Waals surface area (Å²) in [6.07, 6.45) is 16.4. The Hall–Kier alpha value is 0.520. The molecule has 0 amide bonds. The predicted octanol–water partition coefficient (Wildman–Crippen LogP) is 5.32. The fourth-order valence-corrected chi connectivity index (χ4v) is 8.70. The maximum absolute atomic E-state index is 7.65. The lowest BCUT2D eigenvalue weighted by molar-refractivity contribution is 0.344. The standard InChI is InChI=1S/C18H36ClN3S/c19-23(20-13-7-1-2-8-14-20,21-15-9-3-4-10-16-21)22-17-11-5-6-12-18-22/h1-18H2. The minimum Gasteiger partial charge on any atom is -0.232 e. The first-order chi connectivity index (χ1) is 11.3. The molecule has 23 heavy (non-hydrogen) atoms. The van der Waals surface area contributed by atoms with Crippen LogP contribution in [0.2, 0.25) is 0 Å². The number of rotatable bonds is 3. The van der Waals surface area contributed by atoms with Gasteiger partial charge in [0, 0.05) is 49.1 Å². The highest BCUT2D eigenvalue weighted by molar-refractivity contribution is 8.46. The fraction of sp³-hybridized carbons (Fsp3) is 1.00. The van der Waals surface area contributed by atoms with Gasteiger partial charge in [-0.2, -0.15) is 0 Å². The van der Waals surface area contributed by atoms with Gasteiger partial charge in [0.15, 0.2) is 0 Å². The van der Waals surface area contributed by atoms with Crippen molar-refractivity contribution in [2.75, 3.05) is 39.3 Å². The van der Waals surface area contributed by atoms with E-state index in [1.165, 1.54) is 116 Å². The highest BCUT2D eigenvalue weighted by Crippen LogP contribution is 2.63. The first kappa shape index (κ1) is 18.3. The lowest BCUT2D eigenvalue weighted by Gasteiger charge is -2.55. The molecule has 0 aromatic rings. The summed E-state index contributed by atoms with van der Waals surface area (Å²) in [5, 5.41) is 0. The quantitative estimate of drug-likeness (QED) is 0.673. The van der Waals surface area contributed by atoms with E-state index in [-0.39, 0.29) is 0 Å². The van der Waals surface area contributed by atoms with Crippen molar-refractivity contribution in [3.05, 3.63) is 0 Å². The Bertz CT molecular complexity index is 281. The molecule has 0 aliphatic carbocycles.